The molecule has 1 atom stereocenters. The molecule has 1 aliphatic carbocycles. The average Bonchev–Trinajstić information content (AvgIpc) is 2.70. The molecule has 0 aliphatic heterocycles. The third-order valence-electron chi connectivity index (χ3n) is 4.79. The van der Waals surface area contributed by atoms with E-state index in [9.17, 15) is 4.79 Å². The average molecular weight is 398 g/mol. The molecular weight excluding hydrogens is 381 g/mol. The van der Waals surface area contributed by atoms with Crippen LogP contribution in [0, 0.1) is 0 Å². The number of nitrogens with one attached hydrogen (secondary N) is 1. The number of nitrogens with zero attached hydrogens (tertiary/aromatic N) is 2. The summed E-state index contributed by atoms with van der Waals surface area (Å²) in [6, 6.07) is 15.2. The molecular formula is C21H17Cl2N3O. The van der Waals surface area contributed by atoms with E-state index in [0.29, 0.717) is 21.4 Å². The Morgan fingerprint density at radius 3 is 2.74 bits per heavy atom. The van der Waals surface area contributed by atoms with Gasteiger partial charge in [-0.1, -0.05) is 53.5 Å². The SMILES string of the molecule is O=C(N[C@@H]1CCCc2ccccc21)c1cc(-c2ccc(Cl)c(Cl)c2)ncn1. The van der Waals surface area contributed by atoms with Gasteiger partial charge in [-0.15, -0.1) is 0 Å². The standard InChI is InChI=1S/C21H17Cl2N3O/c22-16-9-8-14(10-17(16)23)19-11-20(25-12-24-19)21(27)26-18-7-3-5-13-4-1-2-6-15(13)18/h1-2,4,6,8-12,18H,3,5,7H2,(H,26,27)/t18-/m1/s1. The first-order valence-electron chi connectivity index (χ1n) is 8.78. The van der Waals surface area contributed by atoms with Gasteiger partial charge in [-0.3, -0.25) is 4.79 Å². The highest BCUT2D eigenvalue weighted by molar-refractivity contribution is 6.42. The lowest BCUT2D eigenvalue weighted by atomic mass is 9.87. The van der Waals surface area contributed by atoms with E-state index < -0.39 is 0 Å². The Morgan fingerprint density at radius 2 is 1.89 bits per heavy atom. The fourth-order valence-electron chi connectivity index (χ4n) is 3.43. The van der Waals surface area contributed by atoms with Crippen LogP contribution >= 0.6 is 23.2 Å². The van der Waals surface area contributed by atoms with Crippen LogP contribution in [-0.2, 0) is 6.42 Å². The topological polar surface area (TPSA) is 54.9 Å². The van der Waals surface area contributed by atoms with Crippen LogP contribution < -0.4 is 5.32 Å². The Bertz CT molecular complexity index is 1010. The summed E-state index contributed by atoms with van der Waals surface area (Å²) < 4.78 is 0. The smallest absolute Gasteiger partial charge is 0.270 e. The lowest BCUT2D eigenvalue weighted by Crippen LogP contribution is -2.31. The maximum Gasteiger partial charge on any atom is 0.270 e. The molecule has 136 valence electrons. The van der Waals surface area contributed by atoms with E-state index in [1.165, 1.54) is 17.5 Å². The number of hydrogen-bond donors (Lipinski definition) is 1. The minimum atomic E-state index is -0.208. The summed E-state index contributed by atoms with van der Waals surface area (Å²) >= 11 is 12.1. The van der Waals surface area contributed by atoms with Crippen molar-refractivity contribution in [2.75, 3.05) is 0 Å². The van der Waals surface area contributed by atoms with Crippen molar-refractivity contribution in [3.8, 4) is 11.3 Å². The number of rotatable bonds is 3. The number of carbonyl (C=O) groups is 1. The number of halogens is 2. The van der Waals surface area contributed by atoms with E-state index in [4.69, 9.17) is 23.2 Å². The summed E-state index contributed by atoms with van der Waals surface area (Å²) in [5, 5.41) is 4.03. The maximum atomic E-state index is 12.8. The summed E-state index contributed by atoms with van der Waals surface area (Å²) in [5.41, 5.74) is 4.22. The van der Waals surface area contributed by atoms with E-state index in [0.717, 1.165) is 24.8 Å². The summed E-state index contributed by atoms with van der Waals surface area (Å²) in [5.74, 6) is -0.208. The number of carbonyl (C=O) groups excluding carboxylic acids is 1. The first-order chi connectivity index (χ1) is 13.1. The first-order valence-corrected chi connectivity index (χ1v) is 9.53. The maximum absolute atomic E-state index is 12.8. The van der Waals surface area contributed by atoms with Gasteiger partial charge in [0.1, 0.15) is 12.0 Å². The molecule has 4 nitrogen and oxygen atoms in total. The molecule has 4 rings (SSSR count). The zero-order chi connectivity index (χ0) is 18.8. The lowest BCUT2D eigenvalue weighted by Gasteiger charge is -2.26. The molecule has 2 aromatic carbocycles. The number of aryl methyl sites for hydroxylation is 1. The fraction of sp³-hybridized carbons (Fsp3) is 0.190. The Labute approximate surface area is 167 Å². The summed E-state index contributed by atoms with van der Waals surface area (Å²) in [7, 11) is 0. The van der Waals surface area contributed by atoms with Crippen LogP contribution in [0.3, 0.4) is 0 Å². The van der Waals surface area contributed by atoms with Crippen LogP contribution in [0.4, 0.5) is 0 Å². The Kier molecular flexibility index (Phi) is 5.10. The van der Waals surface area contributed by atoms with Gasteiger partial charge in [0.2, 0.25) is 0 Å². The molecule has 0 saturated carbocycles. The van der Waals surface area contributed by atoms with Gasteiger partial charge in [-0.05, 0) is 48.6 Å². The third-order valence-corrected chi connectivity index (χ3v) is 5.53. The molecule has 0 fully saturated rings. The normalized spacial score (nSPS) is 15.9. The fourth-order valence-corrected chi connectivity index (χ4v) is 3.73. The molecule has 0 spiro atoms. The Hall–Kier alpha value is -2.43. The Balaban J connectivity index is 1.57. The highest BCUT2D eigenvalue weighted by Crippen LogP contribution is 2.30. The van der Waals surface area contributed by atoms with E-state index in [-0.39, 0.29) is 11.9 Å². The molecule has 0 saturated heterocycles. The lowest BCUT2D eigenvalue weighted by molar-refractivity contribution is 0.0927. The highest BCUT2D eigenvalue weighted by atomic mass is 35.5. The van der Waals surface area contributed by atoms with Gasteiger partial charge in [0.25, 0.3) is 5.91 Å². The minimum absolute atomic E-state index is 0.00541. The third kappa shape index (κ3) is 3.82. The van der Waals surface area contributed by atoms with Crippen molar-refractivity contribution in [2.45, 2.75) is 25.3 Å². The molecule has 1 heterocycles. The van der Waals surface area contributed by atoms with Gasteiger partial charge < -0.3 is 5.32 Å². The van der Waals surface area contributed by atoms with Gasteiger partial charge >= 0.3 is 0 Å². The molecule has 3 aromatic rings. The van der Waals surface area contributed by atoms with Crippen LogP contribution in [0.2, 0.25) is 10.0 Å². The van der Waals surface area contributed by atoms with Gasteiger partial charge in [0.05, 0.1) is 21.8 Å². The van der Waals surface area contributed by atoms with Crippen molar-refractivity contribution in [2.24, 2.45) is 0 Å². The molecule has 0 radical (unpaired) electrons. The van der Waals surface area contributed by atoms with Crippen molar-refractivity contribution in [1.82, 2.24) is 15.3 Å². The molecule has 6 heteroatoms. The van der Waals surface area contributed by atoms with Crippen molar-refractivity contribution in [3.63, 3.8) is 0 Å². The minimum Gasteiger partial charge on any atom is -0.344 e. The quantitative estimate of drug-likeness (QED) is 0.655. The number of benzene rings is 2. The van der Waals surface area contributed by atoms with Gasteiger partial charge in [0, 0.05) is 5.56 Å². The van der Waals surface area contributed by atoms with E-state index in [1.807, 2.05) is 18.2 Å². The second-order valence-corrected chi connectivity index (χ2v) is 7.35. The monoisotopic (exact) mass is 397 g/mol. The number of hydrogen-bond acceptors (Lipinski definition) is 3. The van der Waals surface area contributed by atoms with Crippen LogP contribution in [0.25, 0.3) is 11.3 Å². The molecule has 1 N–H and O–H groups in total. The number of aromatic nitrogens is 2. The molecule has 0 bridgehead atoms. The van der Waals surface area contributed by atoms with E-state index in [1.54, 1.807) is 18.2 Å². The van der Waals surface area contributed by atoms with Crippen LogP contribution in [-0.4, -0.2) is 15.9 Å². The van der Waals surface area contributed by atoms with Crippen LogP contribution in [0.15, 0.2) is 54.9 Å². The van der Waals surface area contributed by atoms with Crippen molar-refractivity contribution >= 4 is 29.1 Å². The molecule has 1 aliphatic rings. The van der Waals surface area contributed by atoms with Gasteiger partial charge in [-0.2, -0.15) is 0 Å². The summed E-state index contributed by atoms with van der Waals surface area (Å²) in [6.07, 6.45) is 4.42. The van der Waals surface area contributed by atoms with Gasteiger partial charge in [-0.25, -0.2) is 9.97 Å². The van der Waals surface area contributed by atoms with Crippen molar-refractivity contribution < 1.29 is 4.79 Å². The van der Waals surface area contributed by atoms with Crippen molar-refractivity contribution in [1.29, 1.82) is 0 Å². The molecule has 0 unspecified atom stereocenters. The largest absolute Gasteiger partial charge is 0.344 e. The first kappa shape index (κ1) is 18.0. The predicted octanol–water partition coefficient (Wildman–Crippen LogP) is 5.26. The van der Waals surface area contributed by atoms with E-state index >= 15 is 0 Å². The highest BCUT2D eigenvalue weighted by Gasteiger charge is 2.22. The summed E-state index contributed by atoms with van der Waals surface area (Å²) in [4.78, 5) is 21.2. The van der Waals surface area contributed by atoms with Crippen LogP contribution in [0.5, 0.6) is 0 Å². The second kappa shape index (κ2) is 7.67. The van der Waals surface area contributed by atoms with Crippen molar-refractivity contribution in [3.05, 3.63) is 81.7 Å². The number of amides is 1. The van der Waals surface area contributed by atoms with E-state index in [2.05, 4.69) is 27.4 Å². The van der Waals surface area contributed by atoms with Gasteiger partial charge in [0.15, 0.2) is 0 Å². The summed E-state index contributed by atoms with van der Waals surface area (Å²) in [6.45, 7) is 0. The number of fused-ring (bicyclic) bond motifs is 1. The zero-order valence-electron chi connectivity index (χ0n) is 14.5. The van der Waals surface area contributed by atoms with Crippen LogP contribution in [0.1, 0.15) is 40.5 Å². The molecule has 1 amide bonds. The second-order valence-electron chi connectivity index (χ2n) is 6.53. The molecule has 27 heavy (non-hydrogen) atoms. The Morgan fingerprint density at radius 1 is 1.04 bits per heavy atom. The zero-order valence-corrected chi connectivity index (χ0v) is 16.0. The predicted molar refractivity (Wildman–Crippen MR) is 107 cm³/mol. The molecule has 1 aromatic heterocycles.